The molecule has 4 aromatic rings. The van der Waals surface area contributed by atoms with Crippen LogP contribution < -0.4 is 25.6 Å². The largest absolute Gasteiger partial charge is 0.496 e. The van der Waals surface area contributed by atoms with Gasteiger partial charge in [-0.05, 0) is 146 Å². The van der Waals surface area contributed by atoms with Gasteiger partial charge >= 0.3 is 0 Å². The Kier molecular flexibility index (Phi) is 19.8. The van der Waals surface area contributed by atoms with Crippen molar-refractivity contribution in [3.05, 3.63) is 102 Å². The molecule has 0 spiro atoms. The summed E-state index contributed by atoms with van der Waals surface area (Å²) in [7, 11) is 1.75. The van der Waals surface area contributed by atoms with E-state index >= 15 is 0 Å². The van der Waals surface area contributed by atoms with Crippen LogP contribution in [0.1, 0.15) is 140 Å². The molecule has 4 saturated carbocycles. The van der Waals surface area contributed by atoms with Gasteiger partial charge in [-0.3, -0.25) is 0 Å². The minimum absolute atomic E-state index is 0.0237. The lowest BCUT2D eigenvalue weighted by Gasteiger charge is -2.39. The molecule has 5 fully saturated rings. The average Bonchev–Trinajstić information content (AvgIpc) is 3.34. The fourth-order valence-corrected chi connectivity index (χ4v) is 20.6. The molecule has 5 aliphatic rings. The average molecular weight is 906 g/mol. The van der Waals surface area contributed by atoms with Crippen LogP contribution >= 0.6 is 23.8 Å². The molecule has 0 radical (unpaired) electrons. The predicted molar refractivity (Wildman–Crippen MR) is 283 cm³/mol. The van der Waals surface area contributed by atoms with Crippen molar-refractivity contribution in [3.63, 3.8) is 0 Å². The number of rotatable bonds is 10. The Bertz CT molecular complexity index is 1900. The maximum Gasteiger partial charge on any atom is 0.126 e. The van der Waals surface area contributed by atoms with Crippen LogP contribution in [0, 0.1) is 13.8 Å². The summed E-state index contributed by atoms with van der Waals surface area (Å²) in [6.07, 6.45) is 29.4. The third kappa shape index (κ3) is 13.2. The van der Waals surface area contributed by atoms with Crippen LogP contribution in [0.3, 0.4) is 0 Å². The third-order valence-electron chi connectivity index (χ3n) is 14.9. The number of nitrogens with zero attached hydrogens (tertiary/aromatic N) is 1. The Labute approximate surface area is 388 Å². The van der Waals surface area contributed by atoms with E-state index in [2.05, 4.69) is 123 Å². The number of para-hydroxylation sites is 1. The van der Waals surface area contributed by atoms with Gasteiger partial charge in [0.15, 0.2) is 0 Å². The molecular formula is C57H82NO2P3. The first-order valence-corrected chi connectivity index (χ1v) is 30.6. The zero-order valence-electron chi connectivity index (χ0n) is 40.0. The Morgan fingerprint density at radius 2 is 0.905 bits per heavy atom. The van der Waals surface area contributed by atoms with Gasteiger partial charge in [-0.15, -0.1) is 0 Å². The summed E-state index contributed by atoms with van der Waals surface area (Å²) in [6.45, 7) is 13.0. The second-order valence-corrected chi connectivity index (χ2v) is 27.2. The highest BCUT2D eigenvalue weighted by Crippen LogP contribution is 2.57. The van der Waals surface area contributed by atoms with Crippen LogP contribution in [0.5, 0.6) is 5.75 Å². The van der Waals surface area contributed by atoms with E-state index in [0.29, 0.717) is 0 Å². The van der Waals surface area contributed by atoms with Gasteiger partial charge in [0, 0.05) is 24.3 Å². The fraction of sp³-hybridized carbons (Fsp3) is 0.579. The van der Waals surface area contributed by atoms with Gasteiger partial charge in [0.05, 0.1) is 20.3 Å². The first kappa shape index (κ1) is 48.7. The lowest BCUT2D eigenvalue weighted by atomic mass is 9.99. The fourth-order valence-electron chi connectivity index (χ4n) is 11.7. The van der Waals surface area contributed by atoms with Crippen molar-refractivity contribution < 1.29 is 9.47 Å². The molecule has 4 aromatic carbocycles. The molecular weight excluding hydrogens is 824 g/mol. The molecule has 0 atom stereocenters. The molecule has 1 aliphatic heterocycles. The zero-order valence-corrected chi connectivity index (χ0v) is 42.7. The van der Waals surface area contributed by atoms with E-state index in [4.69, 9.17) is 9.47 Å². The summed E-state index contributed by atoms with van der Waals surface area (Å²) in [5.41, 5.74) is 11.0. The van der Waals surface area contributed by atoms with Crippen LogP contribution in [-0.4, -0.2) is 69.4 Å². The van der Waals surface area contributed by atoms with Crippen molar-refractivity contribution in [3.8, 4) is 16.9 Å². The minimum atomic E-state index is -0.122. The smallest absolute Gasteiger partial charge is 0.126 e. The lowest BCUT2D eigenvalue weighted by Crippen LogP contribution is -2.38. The Morgan fingerprint density at radius 3 is 1.40 bits per heavy atom. The summed E-state index contributed by atoms with van der Waals surface area (Å²) in [5.74, 6) is 1.02. The van der Waals surface area contributed by atoms with E-state index in [1.807, 2.05) is 7.11 Å². The van der Waals surface area contributed by atoms with Crippen molar-refractivity contribution in [2.75, 3.05) is 51.6 Å². The van der Waals surface area contributed by atoms with Crippen LogP contribution in [0.4, 0.5) is 5.69 Å². The van der Waals surface area contributed by atoms with E-state index in [-0.39, 0.29) is 23.8 Å². The van der Waals surface area contributed by atoms with Crippen molar-refractivity contribution in [2.45, 2.75) is 165 Å². The first-order chi connectivity index (χ1) is 30.9. The molecule has 0 bridgehead atoms. The lowest BCUT2D eigenvalue weighted by molar-refractivity contribution is 0.123. The highest BCUT2D eigenvalue weighted by Gasteiger charge is 2.35. The summed E-state index contributed by atoms with van der Waals surface area (Å²) >= 11 is 0. The minimum Gasteiger partial charge on any atom is -0.496 e. The normalized spacial score (nSPS) is 19.7. The van der Waals surface area contributed by atoms with Gasteiger partial charge in [-0.1, -0.05) is 180 Å². The number of aryl methyl sites for hydroxylation is 2. The Balaban J connectivity index is 0.000000149. The summed E-state index contributed by atoms with van der Waals surface area (Å²) in [4.78, 5) is 2.45. The number of methoxy groups -OCH3 is 1. The Morgan fingerprint density at radius 1 is 0.476 bits per heavy atom. The molecule has 0 N–H and O–H groups in total. The van der Waals surface area contributed by atoms with Crippen LogP contribution in [0.25, 0.3) is 11.1 Å². The molecule has 63 heavy (non-hydrogen) atoms. The molecule has 1 heterocycles. The molecule has 0 aromatic heterocycles. The van der Waals surface area contributed by atoms with Gasteiger partial charge < -0.3 is 14.4 Å². The molecule has 342 valence electrons. The molecule has 4 aliphatic carbocycles. The van der Waals surface area contributed by atoms with E-state index in [1.165, 1.54) is 156 Å². The topological polar surface area (TPSA) is 21.7 Å². The van der Waals surface area contributed by atoms with E-state index < -0.39 is 0 Å². The van der Waals surface area contributed by atoms with Crippen molar-refractivity contribution >= 4 is 45.4 Å². The van der Waals surface area contributed by atoms with E-state index in [9.17, 15) is 0 Å². The second-order valence-electron chi connectivity index (χ2n) is 19.4. The molecule has 1 saturated heterocycles. The maximum atomic E-state index is 5.81. The highest BCUT2D eigenvalue weighted by atomic mass is 31.1. The van der Waals surface area contributed by atoms with E-state index in [1.54, 1.807) is 16.2 Å². The number of morpholine rings is 1. The van der Waals surface area contributed by atoms with Gasteiger partial charge in [0.1, 0.15) is 5.75 Å². The molecule has 6 heteroatoms. The van der Waals surface area contributed by atoms with Crippen LogP contribution in [-0.2, 0) is 4.74 Å². The van der Waals surface area contributed by atoms with Crippen molar-refractivity contribution in [2.24, 2.45) is 0 Å². The predicted octanol–water partition coefficient (Wildman–Crippen LogP) is 15.1. The van der Waals surface area contributed by atoms with Gasteiger partial charge in [-0.2, -0.15) is 0 Å². The maximum absolute atomic E-state index is 5.81. The SMILES string of the molecule is COc1cccc(C)c1-c1ccccc1P(C1CCCCC1)C1CCCCC1.CP(C)c1ccccc1N1CCOCC1.Cc1ccccc1P(C1CCCCC1)C1CCCCC1. The van der Waals surface area contributed by atoms with Gasteiger partial charge in [-0.25, -0.2) is 0 Å². The third-order valence-corrected chi connectivity index (χ3v) is 23.4. The number of anilines is 1. The number of benzene rings is 4. The number of hydrogen-bond acceptors (Lipinski definition) is 3. The van der Waals surface area contributed by atoms with Crippen LogP contribution in [0.15, 0.2) is 91.0 Å². The molecule has 0 amide bonds. The van der Waals surface area contributed by atoms with Gasteiger partial charge in [0.2, 0.25) is 0 Å². The zero-order chi connectivity index (χ0) is 43.8. The van der Waals surface area contributed by atoms with Gasteiger partial charge in [0.25, 0.3) is 0 Å². The van der Waals surface area contributed by atoms with E-state index in [0.717, 1.165) is 54.7 Å². The molecule has 9 rings (SSSR count). The second kappa shape index (κ2) is 25.6. The Hall–Kier alpha value is -2.27. The summed E-state index contributed by atoms with van der Waals surface area (Å²) in [6, 6.07) is 33.9. The first-order valence-electron chi connectivity index (χ1n) is 25.4. The summed E-state index contributed by atoms with van der Waals surface area (Å²) in [5, 5.41) is 4.92. The van der Waals surface area contributed by atoms with Crippen molar-refractivity contribution in [1.82, 2.24) is 0 Å². The monoisotopic (exact) mass is 906 g/mol. The standard InChI is InChI=1S/C26H35OP.C19H29P.C12H18NOP/c1-20-12-11-18-24(27-2)26(20)23-17-9-10-19-25(23)28(21-13-5-3-6-14-21)22-15-7-4-8-16-22;1-16-10-8-9-15-19(16)20(17-11-4-2-5-12-17)18-13-6-3-7-14-18;1-15(2)12-6-4-3-5-11(12)13-7-9-14-10-8-13/h9-12,17-19,21-22H,3-8,13-16H2,1-2H3;8-10,15,17-18H,2-7,11-14H2,1H3;3-6H,7-10H2,1-2H3. The summed E-state index contributed by atoms with van der Waals surface area (Å²) < 4.78 is 11.2. The van der Waals surface area contributed by atoms with Crippen molar-refractivity contribution in [1.29, 1.82) is 0 Å². The van der Waals surface area contributed by atoms with Crippen LogP contribution in [0.2, 0.25) is 0 Å². The highest BCUT2D eigenvalue weighted by molar-refractivity contribution is 7.67. The quantitative estimate of drug-likeness (QED) is 0.148. The number of hydrogen-bond donors (Lipinski definition) is 0. The molecule has 3 nitrogen and oxygen atoms in total. The number of ether oxygens (including phenoxy) is 2. The molecule has 0 unspecified atom stereocenters.